The lowest BCUT2D eigenvalue weighted by Gasteiger charge is -2.13. The molecule has 0 saturated heterocycles. The van der Waals surface area contributed by atoms with Gasteiger partial charge in [0.05, 0.1) is 5.56 Å². The number of hydrogen-bond donors (Lipinski definition) is 0. The fourth-order valence-corrected chi connectivity index (χ4v) is 2.31. The maximum atomic E-state index is 8.92. The second-order valence-electron chi connectivity index (χ2n) is 5.04. The molecule has 2 aromatic rings. The van der Waals surface area contributed by atoms with Crippen LogP contribution in [0.25, 0.3) is 0 Å². The number of halogens is 1. The van der Waals surface area contributed by atoms with Crippen LogP contribution in [0.1, 0.15) is 36.5 Å². The highest BCUT2D eigenvalue weighted by atomic mass is 79.9. The third-order valence-electron chi connectivity index (χ3n) is 3.17. The number of ether oxygens (including phenoxy) is 1. The molecule has 0 amide bonds. The Morgan fingerprint density at radius 2 is 1.90 bits per heavy atom. The van der Waals surface area contributed by atoms with Gasteiger partial charge in [0.1, 0.15) is 17.6 Å². The van der Waals surface area contributed by atoms with E-state index in [0.29, 0.717) is 11.5 Å². The SMILES string of the molecule is Cc1ccc(C(C)C)cc1Oc1ccc(C#N)c(Br)c1. The van der Waals surface area contributed by atoms with Gasteiger partial charge < -0.3 is 4.74 Å². The van der Waals surface area contributed by atoms with Crippen LogP contribution in [0.4, 0.5) is 0 Å². The van der Waals surface area contributed by atoms with Gasteiger partial charge >= 0.3 is 0 Å². The third-order valence-corrected chi connectivity index (χ3v) is 3.82. The zero-order valence-corrected chi connectivity index (χ0v) is 13.4. The van der Waals surface area contributed by atoms with Crippen LogP contribution in [0.3, 0.4) is 0 Å². The van der Waals surface area contributed by atoms with Gasteiger partial charge in [0.2, 0.25) is 0 Å². The zero-order chi connectivity index (χ0) is 14.7. The van der Waals surface area contributed by atoms with Gasteiger partial charge in [0.15, 0.2) is 0 Å². The molecule has 2 nitrogen and oxygen atoms in total. The first kappa shape index (κ1) is 14.6. The summed E-state index contributed by atoms with van der Waals surface area (Å²) in [5.41, 5.74) is 2.94. The molecule has 0 aliphatic rings. The Morgan fingerprint density at radius 3 is 2.50 bits per heavy atom. The van der Waals surface area contributed by atoms with E-state index in [1.54, 1.807) is 6.07 Å². The lowest BCUT2D eigenvalue weighted by atomic mass is 10.0. The van der Waals surface area contributed by atoms with Gasteiger partial charge in [-0.2, -0.15) is 5.26 Å². The predicted octanol–water partition coefficient (Wildman–Crippen LogP) is 5.54. The normalized spacial score (nSPS) is 10.4. The highest BCUT2D eigenvalue weighted by Crippen LogP contribution is 2.31. The van der Waals surface area contributed by atoms with Gasteiger partial charge in [-0.05, 0) is 64.2 Å². The van der Waals surface area contributed by atoms with Crippen LogP contribution in [0, 0.1) is 18.3 Å². The van der Waals surface area contributed by atoms with Crippen molar-refractivity contribution in [1.82, 2.24) is 0 Å². The van der Waals surface area contributed by atoms with E-state index < -0.39 is 0 Å². The van der Waals surface area contributed by atoms with Crippen molar-refractivity contribution in [3.05, 3.63) is 57.6 Å². The minimum atomic E-state index is 0.464. The second kappa shape index (κ2) is 6.11. The molecule has 0 heterocycles. The molecular weight excluding hydrogens is 314 g/mol. The van der Waals surface area contributed by atoms with Gasteiger partial charge in [-0.3, -0.25) is 0 Å². The molecule has 0 atom stereocenters. The molecule has 0 aromatic heterocycles. The molecule has 0 bridgehead atoms. The molecule has 0 radical (unpaired) electrons. The Bertz CT molecular complexity index is 671. The van der Waals surface area contributed by atoms with Crippen molar-refractivity contribution in [3.63, 3.8) is 0 Å². The minimum absolute atomic E-state index is 0.464. The molecule has 3 heteroatoms. The molecule has 0 saturated carbocycles. The van der Waals surface area contributed by atoms with Crippen molar-refractivity contribution < 1.29 is 4.74 Å². The van der Waals surface area contributed by atoms with Crippen LogP contribution >= 0.6 is 15.9 Å². The van der Waals surface area contributed by atoms with Gasteiger partial charge in [-0.15, -0.1) is 0 Å². The average molecular weight is 330 g/mol. The van der Waals surface area contributed by atoms with Crippen molar-refractivity contribution in [2.24, 2.45) is 0 Å². The second-order valence-corrected chi connectivity index (χ2v) is 5.89. The molecule has 0 N–H and O–H groups in total. The number of rotatable bonds is 3. The highest BCUT2D eigenvalue weighted by molar-refractivity contribution is 9.10. The Kier molecular flexibility index (Phi) is 4.46. The van der Waals surface area contributed by atoms with Gasteiger partial charge in [0.25, 0.3) is 0 Å². The van der Waals surface area contributed by atoms with E-state index in [1.807, 2.05) is 19.1 Å². The van der Waals surface area contributed by atoms with Crippen molar-refractivity contribution in [2.45, 2.75) is 26.7 Å². The summed E-state index contributed by atoms with van der Waals surface area (Å²) >= 11 is 3.37. The van der Waals surface area contributed by atoms with Crippen LogP contribution in [0.5, 0.6) is 11.5 Å². The van der Waals surface area contributed by atoms with Crippen molar-refractivity contribution in [1.29, 1.82) is 5.26 Å². The molecule has 0 unspecified atom stereocenters. The van der Waals surface area contributed by atoms with E-state index in [1.165, 1.54) is 5.56 Å². The van der Waals surface area contributed by atoms with Crippen LogP contribution in [-0.2, 0) is 0 Å². The topological polar surface area (TPSA) is 33.0 Å². The van der Waals surface area contributed by atoms with Gasteiger partial charge in [0, 0.05) is 4.47 Å². The average Bonchev–Trinajstić information content (AvgIpc) is 2.41. The molecule has 0 aliphatic heterocycles. The summed E-state index contributed by atoms with van der Waals surface area (Å²) in [6.45, 7) is 6.34. The summed E-state index contributed by atoms with van der Waals surface area (Å²) in [6.07, 6.45) is 0. The molecule has 102 valence electrons. The van der Waals surface area contributed by atoms with Gasteiger partial charge in [-0.25, -0.2) is 0 Å². The molecule has 0 aliphatic carbocycles. The van der Waals surface area contributed by atoms with Crippen molar-refractivity contribution >= 4 is 15.9 Å². The number of hydrogen-bond acceptors (Lipinski definition) is 2. The maximum Gasteiger partial charge on any atom is 0.130 e. The Labute approximate surface area is 128 Å². The molecular formula is C17H16BrNO. The predicted molar refractivity (Wildman–Crippen MR) is 84.2 cm³/mol. The first-order chi connectivity index (χ1) is 9.51. The van der Waals surface area contributed by atoms with E-state index in [4.69, 9.17) is 10.00 Å². The molecule has 20 heavy (non-hydrogen) atoms. The number of nitrogens with zero attached hydrogens (tertiary/aromatic N) is 1. The summed E-state index contributed by atoms with van der Waals surface area (Å²) in [7, 11) is 0. The minimum Gasteiger partial charge on any atom is -0.457 e. The smallest absolute Gasteiger partial charge is 0.130 e. The number of aryl methyl sites for hydroxylation is 1. The molecule has 2 aromatic carbocycles. The summed E-state index contributed by atoms with van der Waals surface area (Å²) < 4.78 is 6.69. The standard InChI is InChI=1S/C17H16BrNO/c1-11(2)13-5-4-12(3)17(8-13)20-15-7-6-14(10-19)16(18)9-15/h4-9,11H,1-3H3. The third kappa shape index (κ3) is 3.20. The van der Waals surface area contributed by atoms with E-state index >= 15 is 0 Å². The summed E-state index contributed by atoms with van der Waals surface area (Å²) in [5, 5.41) is 8.92. The zero-order valence-electron chi connectivity index (χ0n) is 11.8. The summed E-state index contributed by atoms with van der Waals surface area (Å²) in [4.78, 5) is 0. The van der Waals surface area contributed by atoms with Crippen LogP contribution in [0.15, 0.2) is 40.9 Å². The van der Waals surface area contributed by atoms with Crippen LogP contribution < -0.4 is 4.74 Å². The van der Waals surface area contributed by atoms with Crippen molar-refractivity contribution in [3.8, 4) is 17.6 Å². The lowest BCUT2D eigenvalue weighted by molar-refractivity contribution is 0.477. The maximum absolute atomic E-state index is 8.92. The first-order valence-electron chi connectivity index (χ1n) is 6.49. The molecule has 0 fully saturated rings. The summed E-state index contributed by atoms with van der Waals surface area (Å²) in [5.74, 6) is 2.04. The first-order valence-corrected chi connectivity index (χ1v) is 7.28. The van der Waals surface area contributed by atoms with E-state index in [0.717, 1.165) is 21.5 Å². The Balaban J connectivity index is 2.32. The lowest BCUT2D eigenvalue weighted by Crippen LogP contribution is -1.93. The largest absolute Gasteiger partial charge is 0.457 e. The quantitative estimate of drug-likeness (QED) is 0.740. The number of benzene rings is 2. The summed E-state index contributed by atoms with van der Waals surface area (Å²) in [6, 6.07) is 13.8. The fraction of sp³-hybridized carbons (Fsp3) is 0.235. The van der Waals surface area contributed by atoms with E-state index in [-0.39, 0.29) is 0 Å². The van der Waals surface area contributed by atoms with Crippen LogP contribution in [-0.4, -0.2) is 0 Å². The number of nitriles is 1. The van der Waals surface area contributed by atoms with Gasteiger partial charge in [-0.1, -0.05) is 26.0 Å². The van der Waals surface area contributed by atoms with Crippen LogP contribution in [0.2, 0.25) is 0 Å². The monoisotopic (exact) mass is 329 g/mol. The Morgan fingerprint density at radius 1 is 1.15 bits per heavy atom. The molecule has 0 spiro atoms. The van der Waals surface area contributed by atoms with E-state index in [9.17, 15) is 0 Å². The van der Waals surface area contributed by atoms with Crippen molar-refractivity contribution in [2.75, 3.05) is 0 Å². The molecule has 2 rings (SSSR count). The van der Waals surface area contributed by atoms with E-state index in [2.05, 4.69) is 54.0 Å². The highest BCUT2D eigenvalue weighted by Gasteiger charge is 2.07. The fourth-order valence-electron chi connectivity index (χ4n) is 1.86. The Hall–Kier alpha value is -1.79.